The molecule has 0 atom stereocenters. The number of pyridine rings is 1. The van der Waals surface area contributed by atoms with Gasteiger partial charge in [-0.15, -0.1) is 0 Å². The summed E-state index contributed by atoms with van der Waals surface area (Å²) in [6, 6.07) is 16.3. The number of benzene rings is 2. The van der Waals surface area contributed by atoms with Crippen LogP contribution in [0.3, 0.4) is 0 Å². The van der Waals surface area contributed by atoms with Crippen molar-refractivity contribution < 1.29 is 14.1 Å². The van der Waals surface area contributed by atoms with E-state index < -0.39 is 16.5 Å². The van der Waals surface area contributed by atoms with Crippen LogP contribution in [0.2, 0.25) is 0 Å². The van der Waals surface area contributed by atoms with E-state index in [4.69, 9.17) is 0 Å². The molecular weight excluding hydrogens is 383 g/mol. The van der Waals surface area contributed by atoms with Crippen molar-refractivity contribution >= 4 is 32.3 Å². The summed E-state index contributed by atoms with van der Waals surface area (Å²) in [5, 5.41) is 11.5. The number of ketones is 1. The number of carbonyl (C=O) groups excluding carboxylic acids is 1. The summed E-state index contributed by atoms with van der Waals surface area (Å²) in [6.45, 7) is 0. The molecule has 2 aromatic carbocycles. The maximum absolute atomic E-state index is 13.6. The molecule has 0 radical (unpaired) electrons. The second-order valence-electron chi connectivity index (χ2n) is 5.94. The quantitative estimate of drug-likeness (QED) is 0.293. The van der Waals surface area contributed by atoms with Gasteiger partial charge in [-0.05, 0) is 41.7 Å². The normalized spacial score (nSPS) is 10.9. The Morgan fingerprint density at radius 1 is 1.04 bits per heavy atom. The van der Waals surface area contributed by atoms with Gasteiger partial charge < -0.3 is 0 Å². The predicted molar refractivity (Wildman–Crippen MR) is 104 cm³/mol. The monoisotopic (exact) mass is 394 g/mol. The summed E-state index contributed by atoms with van der Waals surface area (Å²) in [6.07, 6.45) is 0. The van der Waals surface area contributed by atoms with E-state index in [2.05, 4.69) is 0 Å². The number of carbonyl (C=O) groups is 1. The largest absolute Gasteiger partial charge is 0.337 e. The van der Waals surface area contributed by atoms with Gasteiger partial charge in [0.25, 0.3) is 5.56 Å². The molecule has 0 saturated carbocycles. The third-order valence-electron chi connectivity index (χ3n) is 4.22. The summed E-state index contributed by atoms with van der Waals surface area (Å²) in [4.78, 5) is 36.7. The highest BCUT2D eigenvalue weighted by Gasteiger charge is 2.29. The molecule has 0 amide bonds. The third kappa shape index (κ3) is 2.89. The van der Waals surface area contributed by atoms with Crippen LogP contribution in [0, 0.1) is 15.9 Å². The smallest absolute Gasteiger partial charge is 0.288 e. The summed E-state index contributed by atoms with van der Waals surface area (Å²) in [5.41, 5.74) is -0.000790. The highest BCUT2D eigenvalue weighted by Crippen LogP contribution is 2.38. The Kier molecular flexibility index (Phi) is 4.32. The van der Waals surface area contributed by atoms with E-state index in [9.17, 15) is 24.1 Å². The summed E-state index contributed by atoms with van der Waals surface area (Å²) >= 11 is 0.744. The molecule has 2 aromatic heterocycles. The number of rotatable bonds is 4. The summed E-state index contributed by atoms with van der Waals surface area (Å²) < 4.78 is 14.9. The topological polar surface area (TPSA) is 82.2 Å². The number of thiophene rings is 1. The predicted octanol–water partition coefficient (Wildman–Crippen LogP) is 4.33. The first-order valence-corrected chi connectivity index (χ1v) is 8.97. The molecule has 4 rings (SSSR count). The molecular formula is C20H11FN2O4S. The molecule has 0 unspecified atom stereocenters. The van der Waals surface area contributed by atoms with E-state index in [-0.39, 0.29) is 31.9 Å². The fraction of sp³-hybridized carbons (Fsp3) is 0. The highest BCUT2D eigenvalue weighted by atomic mass is 32.1. The van der Waals surface area contributed by atoms with Gasteiger partial charge in [0.1, 0.15) is 16.2 Å². The average molecular weight is 394 g/mol. The Labute approximate surface area is 161 Å². The molecule has 6 nitrogen and oxygen atoms in total. The van der Waals surface area contributed by atoms with Crippen molar-refractivity contribution in [3.05, 3.63) is 104 Å². The van der Waals surface area contributed by atoms with Crippen LogP contribution in [-0.4, -0.2) is 15.3 Å². The lowest BCUT2D eigenvalue weighted by Gasteiger charge is -2.07. The standard InChI is InChI=1S/C20H11FN2O4S/c21-13-6-4-5-12(11-13)18(25)17-15-9-10-16(24)22(14-7-2-1-3-8-14)19(15)28-20(17)23(26)27/h1-11H. The zero-order chi connectivity index (χ0) is 19.8. The van der Waals surface area contributed by atoms with Gasteiger partial charge >= 0.3 is 5.00 Å². The minimum absolute atomic E-state index is 0.000242. The van der Waals surface area contributed by atoms with Gasteiger partial charge in [-0.3, -0.25) is 24.3 Å². The molecule has 0 spiro atoms. The van der Waals surface area contributed by atoms with Crippen LogP contribution in [0.15, 0.2) is 71.5 Å². The lowest BCUT2D eigenvalue weighted by atomic mass is 10.0. The fourth-order valence-corrected chi connectivity index (χ4v) is 4.14. The van der Waals surface area contributed by atoms with Gasteiger partial charge in [0, 0.05) is 17.0 Å². The van der Waals surface area contributed by atoms with Crippen LogP contribution < -0.4 is 5.56 Å². The summed E-state index contributed by atoms with van der Waals surface area (Å²) in [7, 11) is 0. The molecule has 0 aliphatic carbocycles. The number of nitro groups is 1. The van der Waals surface area contributed by atoms with Crippen LogP contribution in [0.4, 0.5) is 9.39 Å². The molecule has 0 aliphatic rings. The molecule has 0 N–H and O–H groups in total. The molecule has 8 heteroatoms. The number of hydrogen-bond acceptors (Lipinski definition) is 5. The molecule has 138 valence electrons. The van der Waals surface area contributed by atoms with Gasteiger partial charge in [-0.2, -0.15) is 0 Å². The number of halogens is 1. The first-order valence-electron chi connectivity index (χ1n) is 8.16. The van der Waals surface area contributed by atoms with Crippen LogP contribution in [0.25, 0.3) is 15.9 Å². The fourth-order valence-electron chi connectivity index (χ4n) is 3.01. The first kappa shape index (κ1) is 17.7. The number of fused-ring (bicyclic) bond motifs is 1. The van der Waals surface area contributed by atoms with E-state index in [1.165, 1.54) is 34.9 Å². The van der Waals surface area contributed by atoms with Crippen LogP contribution in [-0.2, 0) is 0 Å². The van der Waals surface area contributed by atoms with E-state index in [1.807, 2.05) is 0 Å². The lowest BCUT2D eigenvalue weighted by Crippen LogP contribution is -2.16. The van der Waals surface area contributed by atoms with Crippen molar-refractivity contribution in [2.24, 2.45) is 0 Å². The van der Waals surface area contributed by atoms with Gasteiger partial charge in [-0.1, -0.05) is 30.3 Å². The molecule has 2 heterocycles. The zero-order valence-corrected chi connectivity index (χ0v) is 15.0. The van der Waals surface area contributed by atoms with E-state index in [1.54, 1.807) is 30.3 Å². The highest BCUT2D eigenvalue weighted by molar-refractivity contribution is 7.22. The zero-order valence-electron chi connectivity index (χ0n) is 14.2. The van der Waals surface area contributed by atoms with Crippen molar-refractivity contribution in [3.63, 3.8) is 0 Å². The lowest BCUT2D eigenvalue weighted by molar-refractivity contribution is -0.380. The van der Waals surface area contributed by atoms with Gasteiger partial charge in [-0.25, -0.2) is 4.39 Å². The number of aromatic nitrogens is 1. The minimum atomic E-state index is -0.671. The number of nitrogens with zero attached hydrogens (tertiary/aromatic N) is 2. The second kappa shape index (κ2) is 6.82. The SMILES string of the molecule is O=C(c1cccc(F)c1)c1c([N+](=O)[O-])sc2c1ccc(=O)n2-c1ccccc1. The first-order chi connectivity index (χ1) is 13.5. The van der Waals surface area contributed by atoms with Crippen molar-refractivity contribution in [1.82, 2.24) is 4.57 Å². The van der Waals surface area contributed by atoms with Crippen molar-refractivity contribution in [2.75, 3.05) is 0 Å². The Morgan fingerprint density at radius 2 is 1.79 bits per heavy atom. The maximum atomic E-state index is 13.6. The number of hydrogen-bond donors (Lipinski definition) is 0. The van der Waals surface area contributed by atoms with Crippen LogP contribution >= 0.6 is 11.3 Å². The van der Waals surface area contributed by atoms with Crippen molar-refractivity contribution in [3.8, 4) is 5.69 Å². The Balaban J connectivity index is 2.04. The molecule has 0 saturated heterocycles. The molecule has 0 aliphatic heterocycles. The van der Waals surface area contributed by atoms with Gasteiger partial charge in [0.05, 0.1) is 10.6 Å². The number of para-hydroxylation sites is 1. The molecule has 0 bridgehead atoms. The van der Waals surface area contributed by atoms with Gasteiger partial charge in [0.15, 0.2) is 0 Å². The Morgan fingerprint density at radius 3 is 2.46 bits per heavy atom. The maximum Gasteiger partial charge on any atom is 0.337 e. The van der Waals surface area contributed by atoms with E-state index >= 15 is 0 Å². The molecule has 28 heavy (non-hydrogen) atoms. The second-order valence-corrected chi connectivity index (χ2v) is 6.92. The third-order valence-corrected chi connectivity index (χ3v) is 5.36. The average Bonchev–Trinajstić information content (AvgIpc) is 3.07. The molecule has 0 fully saturated rings. The Bertz CT molecular complexity index is 1290. The Hall–Kier alpha value is -3.65. The summed E-state index contributed by atoms with van der Waals surface area (Å²) in [5.74, 6) is -1.29. The van der Waals surface area contributed by atoms with Gasteiger partial charge in [0.2, 0.25) is 5.78 Å². The van der Waals surface area contributed by atoms with Crippen LogP contribution in [0.5, 0.6) is 0 Å². The minimum Gasteiger partial charge on any atom is -0.288 e. The van der Waals surface area contributed by atoms with Crippen molar-refractivity contribution in [2.45, 2.75) is 0 Å². The molecule has 4 aromatic rings. The van der Waals surface area contributed by atoms with E-state index in [0.29, 0.717) is 5.69 Å². The van der Waals surface area contributed by atoms with E-state index in [0.717, 1.165) is 17.4 Å². The van der Waals surface area contributed by atoms with Crippen molar-refractivity contribution in [1.29, 1.82) is 0 Å². The van der Waals surface area contributed by atoms with Crippen LogP contribution in [0.1, 0.15) is 15.9 Å².